The van der Waals surface area contributed by atoms with Crippen LogP contribution >= 0.6 is 0 Å². The Morgan fingerprint density at radius 3 is 3.00 bits per heavy atom. The number of nitro groups is 1. The quantitative estimate of drug-likeness (QED) is 0.693. The molecule has 0 radical (unpaired) electrons. The van der Waals surface area contributed by atoms with Crippen molar-refractivity contribution in [1.82, 2.24) is 4.98 Å². The van der Waals surface area contributed by atoms with Crippen molar-refractivity contribution in [3.8, 4) is 0 Å². The molecule has 1 N–H and O–H groups in total. The van der Waals surface area contributed by atoms with E-state index in [0.29, 0.717) is 5.52 Å². The van der Waals surface area contributed by atoms with E-state index in [9.17, 15) is 15.2 Å². The Labute approximate surface area is 122 Å². The number of aliphatic hydroxyl groups excluding tert-OH is 1. The van der Waals surface area contributed by atoms with Crippen molar-refractivity contribution >= 4 is 22.3 Å². The summed E-state index contributed by atoms with van der Waals surface area (Å²) in [6.07, 6.45) is 4.67. The zero-order chi connectivity index (χ0) is 14.8. The first-order valence-corrected chi connectivity index (χ1v) is 7.12. The lowest BCUT2D eigenvalue weighted by Crippen LogP contribution is -2.42. The molecule has 110 valence electrons. The van der Waals surface area contributed by atoms with Gasteiger partial charge >= 0.3 is 0 Å². The molecule has 1 fully saturated rings. The number of nitro benzene ring substituents is 1. The minimum atomic E-state index is -0.404. The number of fused-ring (bicyclic) bond motifs is 1. The number of hydrogen-bond acceptors (Lipinski definition) is 5. The summed E-state index contributed by atoms with van der Waals surface area (Å²) in [5.41, 5.74) is 1.34. The molecule has 3 rings (SSSR count). The van der Waals surface area contributed by atoms with E-state index >= 15 is 0 Å². The molecule has 1 aromatic carbocycles. The van der Waals surface area contributed by atoms with Crippen LogP contribution in [0.2, 0.25) is 0 Å². The number of rotatable bonds is 3. The molecule has 2 aromatic rings. The largest absolute Gasteiger partial charge is 0.394 e. The van der Waals surface area contributed by atoms with Gasteiger partial charge in [-0.25, -0.2) is 4.98 Å². The Balaban J connectivity index is 2.15. The molecule has 1 aliphatic heterocycles. The van der Waals surface area contributed by atoms with Crippen molar-refractivity contribution in [3.05, 3.63) is 40.6 Å². The summed E-state index contributed by atoms with van der Waals surface area (Å²) >= 11 is 0. The number of hydrogen-bond donors (Lipinski definition) is 1. The summed E-state index contributed by atoms with van der Waals surface area (Å²) in [5, 5.41) is 21.5. The van der Waals surface area contributed by atoms with Crippen LogP contribution in [0.3, 0.4) is 0 Å². The Hall–Kier alpha value is -2.21. The van der Waals surface area contributed by atoms with Crippen molar-refractivity contribution in [2.75, 3.05) is 18.1 Å². The van der Waals surface area contributed by atoms with Gasteiger partial charge in [0.2, 0.25) is 0 Å². The molecule has 1 saturated heterocycles. The Morgan fingerprint density at radius 2 is 2.24 bits per heavy atom. The number of non-ortho nitro benzene ring substituents is 1. The second-order valence-corrected chi connectivity index (χ2v) is 5.29. The fourth-order valence-corrected chi connectivity index (χ4v) is 3.05. The van der Waals surface area contributed by atoms with Crippen LogP contribution in [0.25, 0.3) is 10.9 Å². The van der Waals surface area contributed by atoms with Gasteiger partial charge in [0.15, 0.2) is 0 Å². The number of piperidine rings is 1. The Morgan fingerprint density at radius 1 is 1.38 bits per heavy atom. The molecule has 6 nitrogen and oxygen atoms in total. The molecule has 1 aromatic heterocycles. The topological polar surface area (TPSA) is 79.5 Å². The minimum absolute atomic E-state index is 0.0203. The highest BCUT2D eigenvalue weighted by Gasteiger charge is 2.25. The molecular weight excluding hydrogens is 270 g/mol. The molecule has 0 aliphatic carbocycles. The van der Waals surface area contributed by atoms with Crippen LogP contribution in [-0.4, -0.2) is 34.2 Å². The van der Waals surface area contributed by atoms with Gasteiger partial charge in [-0.2, -0.15) is 0 Å². The third kappa shape index (κ3) is 2.42. The normalized spacial score (nSPS) is 18.9. The lowest BCUT2D eigenvalue weighted by atomic mass is 10.0. The van der Waals surface area contributed by atoms with E-state index in [1.54, 1.807) is 18.3 Å². The predicted octanol–water partition coefficient (Wildman–Crippen LogP) is 2.49. The highest BCUT2D eigenvalue weighted by molar-refractivity contribution is 5.97. The minimum Gasteiger partial charge on any atom is -0.394 e. The second kappa shape index (κ2) is 5.65. The van der Waals surface area contributed by atoms with E-state index in [1.807, 2.05) is 6.07 Å². The summed E-state index contributed by atoms with van der Waals surface area (Å²) in [5.74, 6) is 0. The van der Waals surface area contributed by atoms with Gasteiger partial charge in [-0.05, 0) is 37.5 Å². The number of pyridine rings is 1. The van der Waals surface area contributed by atoms with Crippen molar-refractivity contribution in [1.29, 1.82) is 0 Å². The van der Waals surface area contributed by atoms with E-state index in [2.05, 4.69) is 9.88 Å². The summed E-state index contributed by atoms with van der Waals surface area (Å²) in [6.45, 7) is 0.950. The van der Waals surface area contributed by atoms with Crippen LogP contribution in [0.1, 0.15) is 19.3 Å². The zero-order valence-electron chi connectivity index (χ0n) is 11.6. The fourth-order valence-electron chi connectivity index (χ4n) is 3.05. The van der Waals surface area contributed by atoms with Gasteiger partial charge < -0.3 is 10.0 Å². The molecule has 2 heterocycles. The maximum absolute atomic E-state index is 11.1. The summed E-state index contributed by atoms with van der Waals surface area (Å²) < 4.78 is 0. The van der Waals surface area contributed by atoms with Gasteiger partial charge in [-0.15, -0.1) is 0 Å². The van der Waals surface area contributed by atoms with E-state index in [0.717, 1.165) is 36.9 Å². The molecule has 0 saturated carbocycles. The van der Waals surface area contributed by atoms with Gasteiger partial charge in [-0.3, -0.25) is 10.1 Å². The van der Waals surface area contributed by atoms with E-state index in [4.69, 9.17) is 0 Å². The van der Waals surface area contributed by atoms with Crippen LogP contribution in [-0.2, 0) is 0 Å². The lowest BCUT2D eigenvalue weighted by Gasteiger charge is -2.37. The highest BCUT2D eigenvalue weighted by atomic mass is 16.6. The van der Waals surface area contributed by atoms with Crippen molar-refractivity contribution in [2.24, 2.45) is 0 Å². The monoisotopic (exact) mass is 287 g/mol. The molecule has 6 heteroatoms. The van der Waals surface area contributed by atoms with Gasteiger partial charge in [-0.1, -0.05) is 0 Å². The number of aromatic nitrogens is 1. The second-order valence-electron chi connectivity index (χ2n) is 5.29. The number of aliphatic hydroxyl groups is 1. The van der Waals surface area contributed by atoms with Crippen molar-refractivity contribution in [3.63, 3.8) is 0 Å². The fraction of sp³-hybridized carbons (Fsp3) is 0.400. The molecule has 0 bridgehead atoms. The first-order chi connectivity index (χ1) is 10.2. The highest BCUT2D eigenvalue weighted by Crippen LogP contribution is 2.34. The first kappa shape index (κ1) is 13.8. The third-order valence-corrected chi connectivity index (χ3v) is 4.07. The number of nitrogens with zero attached hydrogens (tertiary/aromatic N) is 3. The Kier molecular flexibility index (Phi) is 3.70. The average Bonchev–Trinajstić information content (AvgIpc) is 2.53. The first-order valence-electron chi connectivity index (χ1n) is 7.12. The van der Waals surface area contributed by atoms with Gasteiger partial charge in [0.1, 0.15) is 5.52 Å². The van der Waals surface area contributed by atoms with Gasteiger partial charge in [0, 0.05) is 29.9 Å². The number of benzene rings is 1. The number of anilines is 1. The predicted molar refractivity (Wildman–Crippen MR) is 80.5 cm³/mol. The SMILES string of the molecule is O=[N+]([O-])c1ccc(N2CCCCC2CO)c2cccnc12. The molecule has 1 aliphatic rings. The van der Waals surface area contributed by atoms with Crippen LogP contribution in [0.4, 0.5) is 11.4 Å². The summed E-state index contributed by atoms with van der Waals surface area (Å²) in [7, 11) is 0. The standard InChI is InChI=1S/C15H17N3O3/c19-10-11-4-1-2-9-17(11)13-6-7-14(18(20)21)15-12(13)5-3-8-16-15/h3,5-8,11,19H,1-2,4,9-10H2. The smallest absolute Gasteiger partial charge is 0.295 e. The summed E-state index contributed by atoms with van der Waals surface area (Å²) in [4.78, 5) is 17.1. The Bertz CT molecular complexity index is 674. The van der Waals surface area contributed by atoms with E-state index in [-0.39, 0.29) is 18.3 Å². The van der Waals surface area contributed by atoms with Gasteiger partial charge in [0.25, 0.3) is 5.69 Å². The molecule has 1 unspecified atom stereocenters. The van der Waals surface area contributed by atoms with E-state index < -0.39 is 4.92 Å². The van der Waals surface area contributed by atoms with Crippen LogP contribution in [0.15, 0.2) is 30.5 Å². The summed E-state index contributed by atoms with van der Waals surface area (Å²) in [6, 6.07) is 6.99. The molecular formula is C15H17N3O3. The maximum Gasteiger partial charge on any atom is 0.295 e. The molecule has 1 atom stereocenters. The lowest BCUT2D eigenvalue weighted by molar-refractivity contribution is -0.383. The van der Waals surface area contributed by atoms with Crippen molar-refractivity contribution < 1.29 is 10.0 Å². The van der Waals surface area contributed by atoms with Crippen molar-refractivity contribution in [2.45, 2.75) is 25.3 Å². The average molecular weight is 287 g/mol. The van der Waals surface area contributed by atoms with Crippen LogP contribution in [0, 0.1) is 10.1 Å². The molecule has 0 spiro atoms. The van der Waals surface area contributed by atoms with E-state index in [1.165, 1.54) is 6.07 Å². The van der Waals surface area contributed by atoms with Crippen LogP contribution in [0.5, 0.6) is 0 Å². The zero-order valence-corrected chi connectivity index (χ0v) is 11.6. The molecule has 0 amide bonds. The van der Waals surface area contributed by atoms with Gasteiger partial charge in [0.05, 0.1) is 17.6 Å². The maximum atomic E-state index is 11.1. The van der Waals surface area contributed by atoms with Crippen LogP contribution < -0.4 is 4.90 Å². The third-order valence-electron chi connectivity index (χ3n) is 4.07. The molecule has 21 heavy (non-hydrogen) atoms.